The third-order valence-electron chi connectivity index (χ3n) is 4.63. The van der Waals surface area contributed by atoms with Crippen LogP contribution >= 0.6 is 31.9 Å². The minimum atomic E-state index is -3.83. The van der Waals surface area contributed by atoms with E-state index in [4.69, 9.17) is 9.47 Å². The van der Waals surface area contributed by atoms with E-state index in [1.54, 1.807) is 61.5 Å². The summed E-state index contributed by atoms with van der Waals surface area (Å²) in [6.45, 7) is 1.75. The molecule has 0 saturated heterocycles. The van der Waals surface area contributed by atoms with Crippen LogP contribution in [0.2, 0.25) is 0 Å². The van der Waals surface area contributed by atoms with E-state index < -0.39 is 9.84 Å². The highest BCUT2D eigenvalue weighted by atomic mass is 79.9. The molecule has 0 bridgehead atoms. The van der Waals surface area contributed by atoms with Gasteiger partial charge in [0.2, 0.25) is 9.84 Å². The zero-order valence-corrected chi connectivity index (χ0v) is 20.9. The van der Waals surface area contributed by atoms with E-state index >= 15 is 0 Å². The van der Waals surface area contributed by atoms with Crippen LogP contribution in [-0.4, -0.2) is 8.42 Å². The van der Waals surface area contributed by atoms with Crippen molar-refractivity contribution in [3.63, 3.8) is 0 Å². The first kappa shape index (κ1) is 22.6. The average Bonchev–Trinajstić information content (AvgIpc) is 2.74. The minimum Gasteiger partial charge on any atom is -0.457 e. The van der Waals surface area contributed by atoms with Crippen LogP contribution in [0.25, 0.3) is 0 Å². The summed E-state index contributed by atoms with van der Waals surface area (Å²) in [6, 6.07) is 26.2. The topological polar surface area (TPSA) is 52.6 Å². The molecule has 0 spiro atoms. The van der Waals surface area contributed by atoms with Gasteiger partial charge >= 0.3 is 0 Å². The maximum atomic E-state index is 13.5. The molecule has 0 fully saturated rings. The highest BCUT2D eigenvalue weighted by molar-refractivity contribution is 9.10. The molecule has 0 N–H and O–H groups in total. The smallest absolute Gasteiger partial charge is 0.210 e. The Morgan fingerprint density at radius 3 is 1.84 bits per heavy atom. The monoisotopic (exact) mass is 572 g/mol. The molecule has 4 aromatic rings. The largest absolute Gasteiger partial charge is 0.457 e. The van der Waals surface area contributed by atoms with Crippen LogP contribution in [-0.2, 0) is 9.84 Å². The van der Waals surface area contributed by atoms with Gasteiger partial charge in [-0.3, -0.25) is 0 Å². The normalized spacial score (nSPS) is 11.2. The van der Waals surface area contributed by atoms with Crippen LogP contribution in [0.1, 0.15) is 5.56 Å². The molecule has 4 aromatic carbocycles. The molecule has 0 aliphatic heterocycles. The van der Waals surface area contributed by atoms with Crippen LogP contribution in [0.4, 0.5) is 0 Å². The van der Waals surface area contributed by atoms with Gasteiger partial charge in [0, 0.05) is 8.95 Å². The lowest BCUT2D eigenvalue weighted by molar-refractivity contribution is 0.467. The van der Waals surface area contributed by atoms with Crippen molar-refractivity contribution < 1.29 is 17.9 Å². The van der Waals surface area contributed by atoms with Crippen molar-refractivity contribution in [3.05, 3.63) is 106 Å². The lowest BCUT2D eigenvalue weighted by Crippen LogP contribution is -2.06. The van der Waals surface area contributed by atoms with Gasteiger partial charge in [-0.05, 0) is 79.2 Å². The summed E-state index contributed by atoms with van der Waals surface area (Å²) in [5.41, 5.74) is 0.578. The summed E-state index contributed by atoms with van der Waals surface area (Å²) in [5.74, 6) is 2.01. The second-order valence-electron chi connectivity index (χ2n) is 7.00. The lowest BCUT2D eigenvalue weighted by atomic mass is 10.2. The minimum absolute atomic E-state index is 0.101. The fraction of sp³-hybridized carbons (Fsp3) is 0.0400. The van der Waals surface area contributed by atoms with E-state index in [1.165, 1.54) is 0 Å². The molecule has 4 rings (SSSR count). The van der Waals surface area contributed by atoms with Gasteiger partial charge in [-0.25, -0.2) is 8.42 Å². The molecule has 0 radical (unpaired) electrons. The number of benzene rings is 4. The summed E-state index contributed by atoms with van der Waals surface area (Å²) in [5, 5.41) is 0. The van der Waals surface area contributed by atoms with Gasteiger partial charge in [0.05, 0.1) is 4.90 Å². The molecule has 0 heterocycles. The number of rotatable bonds is 6. The quantitative estimate of drug-likeness (QED) is 0.235. The van der Waals surface area contributed by atoms with Crippen molar-refractivity contribution in [1.82, 2.24) is 0 Å². The van der Waals surface area contributed by atoms with Crippen LogP contribution in [0.5, 0.6) is 23.0 Å². The van der Waals surface area contributed by atoms with Crippen molar-refractivity contribution in [2.75, 3.05) is 0 Å². The SMILES string of the molecule is Cc1cc(Oc2cccc(Br)c2)ccc1S(=O)(=O)c1ccccc1Oc1cccc(Br)c1. The standard InChI is InChI=1S/C25H18Br2O4S/c1-17-14-22(30-20-8-4-6-18(26)15-20)12-13-24(17)32(28,29)25-11-3-2-10-23(25)31-21-9-5-7-19(27)16-21/h2-16H,1H3. The number of para-hydroxylation sites is 1. The molecule has 0 aliphatic carbocycles. The molecule has 4 nitrogen and oxygen atoms in total. The Morgan fingerprint density at radius 1 is 0.625 bits per heavy atom. The van der Waals surface area contributed by atoms with Gasteiger partial charge in [-0.1, -0.05) is 56.1 Å². The summed E-state index contributed by atoms with van der Waals surface area (Å²) >= 11 is 6.82. The molecule has 7 heteroatoms. The first-order valence-electron chi connectivity index (χ1n) is 9.64. The first-order valence-corrected chi connectivity index (χ1v) is 12.7. The molecule has 0 saturated carbocycles. The molecule has 0 aliphatic rings. The van der Waals surface area contributed by atoms with Crippen LogP contribution in [0.15, 0.2) is 110 Å². The van der Waals surface area contributed by atoms with Gasteiger partial charge in [0.15, 0.2) is 0 Å². The highest BCUT2D eigenvalue weighted by Crippen LogP contribution is 2.35. The Balaban J connectivity index is 1.67. The third kappa shape index (κ3) is 5.06. The van der Waals surface area contributed by atoms with Gasteiger partial charge in [0.25, 0.3) is 0 Å². The Morgan fingerprint density at radius 2 is 1.22 bits per heavy atom. The molecule has 0 aromatic heterocycles. The number of hydrogen-bond acceptors (Lipinski definition) is 4. The second kappa shape index (κ2) is 9.48. The number of halogens is 2. The number of hydrogen-bond donors (Lipinski definition) is 0. The van der Waals surface area contributed by atoms with Gasteiger partial charge in [-0.15, -0.1) is 0 Å². The fourth-order valence-corrected chi connectivity index (χ4v) is 5.54. The van der Waals surface area contributed by atoms with E-state index in [0.29, 0.717) is 22.8 Å². The molecule has 0 amide bonds. The molecule has 32 heavy (non-hydrogen) atoms. The predicted molar refractivity (Wildman–Crippen MR) is 132 cm³/mol. The third-order valence-corrected chi connectivity index (χ3v) is 7.57. The number of sulfone groups is 1. The average molecular weight is 574 g/mol. The van der Waals surface area contributed by atoms with Crippen LogP contribution in [0.3, 0.4) is 0 Å². The lowest BCUT2D eigenvalue weighted by Gasteiger charge is -2.14. The van der Waals surface area contributed by atoms with E-state index in [0.717, 1.165) is 8.95 Å². The van der Waals surface area contributed by atoms with Crippen molar-refractivity contribution in [2.45, 2.75) is 16.7 Å². The summed E-state index contributed by atoms with van der Waals surface area (Å²) in [4.78, 5) is 0.299. The Labute approximate surface area is 204 Å². The maximum Gasteiger partial charge on any atom is 0.210 e. The van der Waals surface area contributed by atoms with Crippen LogP contribution in [0, 0.1) is 6.92 Å². The van der Waals surface area contributed by atoms with E-state index in [-0.39, 0.29) is 15.5 Å². The summed E-state index contributed by atoms with van der Waals surface area (Å²) in [7, 11) is -3.83. The van der Waals surface area contributed by atoms with Crippen molar-refractivity contribution >= 4 is 41.7 Å². The van der Waals surface area contributed by atoms with Gasteiger partial charge < -0.3 is 9.47 Å². The summed E-state index contributed by atoms with van der Waals surface area (Å²) < 4.78 is 40.5. The van der Waals surface area contributed by atoms with Gasteiger partial charge in [0.1, 0.15) is 27.9 Å². The highest BCUT2D eigenvalue weighted by Gasteiger charge is 2.24. The molecule has 0 unspecified atom stereocenters. The Bertz CT molecular complexity index is 1380. The summed E-state index contributed by atoms with van der Waals surface area (Å²) in [6.07, 6.45) is 0. The van der Waals surface area contributed by atoms with Crippen molar-refractivity contribution in [1.29, 1.82) is 0 Å². The second-order valence-corrected chi connectivity index (χ2v) is 10.7. The van der Waals surface area contributed by atoms with E-state index in [1.807, 2.05) is 36.4 Å². The maximum absolute atomic E-state index is 13.5. The zero-order chi connectivity index (χ0) is 22.7. The molecule has 162 valence electrons. The number of aryl methyl sites for hydroxylation is 1. The molecular weight excluding hydrogens is 556 g/mol. The Kier molecular flexibility index (Phi) is 6.69. The van der Waals surface area contributed by atoms with Gasteiger partial charge in [-0.2, -0.15) is 0 Å². The Hall–Kier alpha value is -2.61. The predicted octanol–water partition coefficient (Wildman–Crippen LogP) is 7.94. The molecule has 0 atom stereocenters. The fourth-order valence-electron chi connectivity index (χ4n) is 3.19. The van der Waals surface area contributed by atoms with E-state index in [9.17, 15) is 8.42 Å². The number of ether oxygens (including phenoxy) is 2. The van der Waals surface area contributed by atoms with E-state index in [2.05, 4.69) is 31.9 Å². The first-order chi connectivity index (χ1) is 15.3. The van der Waals surface area contributed by atoms with Crippen molar-refractivity contribution in [3.8, 4) is 23.0 Å². The van der Waals surface area contributed by atoms with Crippen LogP contribution < -0.4 is 9.47 Å². The zero-order valence-electron chi connectivity index (χ0n) is 17.0. The molecular formula is C25H18Br2O4S. The van der Waals surface area contributed by atoms with Crippen molar-refractivity contribution in [2.24, 2.45) is 0 Å².